The van der Waals surface area contributed by atoms with Crippen LogP contribution in [0.25, 0.3) is 10.2 Å². The van der Waals surface area contributed by atoms with Crippen molar-refractivity contribution in [3.8, 4) is 0 Å². The number of thiazole rings is 1. The molecule has 0 saturated heterocycles. The van der Waals surface area contributed by atoms with Gasteiger partial charge in [0.25, 0.3) is 5.91 Å². The van der Waals surface area contributed by atoms with Crippen molar-refractivity contribution in [2.75, 3.05) is 5.32 Å². The first-order valence-corrected chi connectivity index (χ1v) is 7.06. The molecular formula is C14H7ClF2N2OS. The van der Waals surface area contributed by atoms with E-state index in [1.165, 1.54) is 17.4 Å². The van der Waals surface area contributed by atoms with Crippen molar-refractivity contribution < 1.29 is 13.6 Å². The first-order valence-electron chi connectivity index (χ1n) is 5.86. The fourth-order valence-corrected chi connectivity index (χ4v) is 3.00. The molecular weight excluding hydrogens is 318 g/mol. The van der Waals surface area contributed by atoms with Gasteiger partial charge in [-0.1, -0.05) is 35.1 Å². The van der Waals surface area contributed by atoms with Gasteiger partial charge >= 0.3 is 0 Å². The molecule has 0 aliphatic rings. The maximum Gasteiger partial charge on any atom is 0.263 e. The first kappa shape index (κ1) is 13.9. The average molecular weight is 325 g/mol. The first-order chi connectivity index (χ1) is 10.1. The lowest BCUT2D eigenvalue weighted by Gasteiger charge is -2.03. The summed E-state index contributed by atoms with van der Waals surface area (Å²) >= 11 is 7.16. The predicted octanol–water partition coefficient (Wildman–Crippen LogP) is 4.48. The molecule has 0 saturated carbocycles. The summed E-state index contributed by atoms with van der Waals surface area (Å²) in [5.41, 5.74) is -0.101. The lowest BCUT2D eigenvalue weighted by molar-refractivity contribution is 0.101. The number of rotatable bonds is 2. The summed E-state index contributed by atoms with van der Waals surface area (Å²) in [5, 5.41) is 3.06. The molecule has 0 radical (unpaired) electrons. The number of nitrogens with one attached hydrogen (secondary N) is 1. The van der Waals surface area contributed by atoms with Crippen molar-refractivity contribution in [2.45, 2.75) is 0 Å². The van der Waals surface area contributed by atoms with Gasteiger partial charge in [-0.05, 0) is 24.3 Å². The highest BCUT2D eigenvalue weighted by Crippen LogP contribution is 2.31. The van der Waals surface area contributed by atoms with Crippen LogP contribution >= 0.6 is 22.9 Å². The topological polar surface area (TPSA) is 42.0 Å². The molecule has 0 aliphatic carbocycles. The molecule has 0 atom stereocenters. The van der Waals surface area contributed by atoms with Gasteiger partial charge in [-0.25, -0.2) is 13.8 Å². The summed E-state index contributed by atoms with van der Waals surface area (Å²) in [6, 6.07) is 8.45. The fraction of sp³-hybridized carbons (Fsp3) is 0. The van der Waals surface area contributed by atoms with E-state index in [9.17, 15) is 13.6 Å². The van der Waals surface area contributed by atoms with Crippen molar-refractivity contribution in [3.05, 3.63) is 58.6 Å². The van der Waals surface area contributed by atoms with Gasteiger partial charge < -0.3 is 0 Å². The molecule has 21 heavy (non-hydrogen) atoms. The Balaban J connectivity index is 1.95. The molecule has 1 aromatic heterocycles. The summed E-state index contributed by atoms with van der Waals surface area (Å²) in [6.07, 6.45) is 0. The molecule has 0 fully saturated rings. The average Bonchev–Trinajstić information content (AvgIpc) is 2.82. The number of hydrogen-bond donors (Lipinski definition) is 1. The second-order valence-electron chi connectivity index (χ2n) is 4.16. The molecule has 0 unspecified atom stereocenters. The third-order valence-electron chi connectivity index (χ3n) is 2.78. The van der Waals surface area contributed by atoms with Gasteiger partial charge in [0, 0.05) is 0 Å². The van der Waals surface area contributed by atoms with E-state index in [1.54, 1.807) is 18.2 Å². The number of carbonyl (C=O) groups is 1. The van der Waals surface area contributed by atoms with E-state index in [2.05, 4.69) is 10.3 Å². The van der Waals surface area contributed by atoms with Crippen molar-refractivity contribution >= 4 is 44.2 Å². The Bertz CT molecular complexity index is 830. The minimum Gasteiger partial charge on any atom is -0.298 e. The van der Waals surface area contributed by atoms with E-state index < -0.39 is 23.1 Å². The number of fused-ring (bicyclic) bond motifs is 1. The maximum atomic E-state index is 13.5. The number of para-hydroxylation sites is 1. The Hall–Kier alpha value is -2.05. The van der Waals surface area contributed by atoms with Crippen LogP contribution in [0.3, 0.4) is 0 Å². The normalized spacial score (nSPS) is 10.8. The molecule has 3 aromatic rings. The number of aromatic nitrogens is 1. The fourth-order valence-electron chi connectivity index (χ4n) is 1.84. The zero-order valence-corrected chi connectivity index (χ0v) is 11.9. The lowest BCUT2D eigenvalue weighted by atomic mass is 10.2. The summed E-state index contributed by atoms with van der Waals surface area (Å²) < 4.78 is 27.8. The minimum atomic E-state index is -0.924. The molecule has 0 bridgehead atoms. The Morgan fingerprint density at radius 1 is 1.14 bits per heavy atom. The summed E-state index contributed by atoms with van der Waals surface area (Å²) in [6.45, 7) is 0. The zero-order chi connectivity index (χ0) is 15.0. The highest BCUT2D eigenvalue weighted by Gasteiger charge is 2.18. The van der Waals surface area contributed by atoms with Crippen molar-refractivity contribution in [3.63, 3.8) is 0 Å². The van der Waals surface area contributed by atoms with Gasteiger partial charge in [-0.3, -0.25) is 10.1 Å². The van der Waals surface area contributed by atoms with E-state index in [-0.39, 0.29) is 5.13 Å². The number of amides is 1. The van der Waals surface area contributed by atoms with Crippen LogP contribution in [0.4, 0.5) is 13.9 Å². The molecule has 0 spiro atoms. The largest absolute Gasteiger partial charge is 0.298 e. The van der Waals surface area contributed by atoms with Crippen LogP contribution in [-0.2, 0) is 0 Å². The number of hydrogen-bond acceptors (Lipinski definition) is 3. The van der Waals surface area contributed by atoms with Crippen LogP contribution in [0.15, 0.2) is 36.4 Å². The Morgan fingerprint density at radius 3 is 2.48 bits per heavy atom. The van der Waals surface area contributed by atoms with E-state index in [4.69, 9.17) is 11.6 Å². The molecule has 3 rings (SSSR count). The highest BCUT2D eigenvalue weighted by atomic mass is 35.5. The van der Waals surface area contributed by atoms with Crippen LogP contribution < -0.4 is 5.32 Å². The zero-order valence-electron chi connectivity index (χ0n) is 10.4. The third-order valence-corrected chi connectivity index (χ3v) is 4.02. The molecule has 0 aliphatic heterocycles. The summed E-state index contributed by atoms with van der Waals surface area (Å²) in [7, 11) is 0. The smallest absolute Gasteiger partial charge is 0.263 e. The number of anilines is 1. The van der Waals surface area contributed by atoms with Gasteiger partial charge in [0.05, 0.1) is 9.72 Å². The Labute approximate surface area is 127 Å². The standard InChI is InChI=1S/C14H7ClF2N2OS/c15-7-3-1-6-10-12(7)18-14(21-10)19-13(20)11-8(16)4-2-5-9(11)17/h1-6H,(H,18,19,20). The highest BCUT2D eigenvalue weighted by molar-refractivity contribution is 7.22. The number of halogens is 3. The number of carbonyl (C=O) groups excluding carboxylic acids is 1. The van der Waals surface area contributed by atoms with E-state index in [0.29, 0.717) is 10.5 Å². The van der Waals surface area contributed by atoms with Gasteiger partial charge in [0.1, 0.15) is 22.7 Å². The van der Waals surface area contributed by atoms with Gasteiger partial charge in [-0.2, -0.15) is 0 Å². The molecule has 1 N–H and O–H groups in total. The van der Waals surface area contributed by atoms with Crippen LogP contribution in [0.1, 0.15) is 10.4 Å². The molecule has 7 heteroatoms. The second kappa shape index (κ2) is 5.38. The molecule has 106 valence electrons. The monoisotopic (exact) mass is 324 g/mol. The molecule has 1 heterocycles. The van der Waals surface area contributed by atoms with Crippen molar-refractivity contribution in [2.24, 2.45) is 0 Å². The number of benzene rings is 2. The number of nitrogens with zero attached hydrogens (tertiary/aromatic N) is 1. The van der Waals surface area contributed by atoms with Crippen molar-refractivity contribution in [1.29, 1.82) is 0 Å². The van der Waals surface area contributed by atoms with Gasteiger partial charge in [-0.15, -0.1) is 0 Å². The van der Waals surface area contributed by atoms with Crippen LogP contribution in [0.2, 0.25) is 5.02 Å². The SMILES string of the molecule is O=C(Nc1nc2c(Cl)cccc2s1)c1c(F)cccc1F. The molecule has 2 aromatic carbocycles. The molecule has 1 amide bonds. The Morgan fingerprint density at radius 2 is 1.81 bits per heavy atom. The quantitative estimate of drug-likeness (QED) is 0.755. The lowest BCUT2D eigenvalue weighted by Crippen LogP contribution is -2.15. The van der Waals surface area contributed by atoms with Crippen LogP contribution in [0, 0.1) is 11.6 Å². The van der Waals surface area contributed by atoms with E-state index in [0.717, 1.165) is 16.8 Å². The van der Waals surface area contributed by atoms with E-state index in [1.807, 2.05) is 0 Å². The Kier molecular flexibility index (Phi) is 3.57. The van der Waals surface area contributed by atoms with Crippen molar-refractivity contribution in [1.82, 2.24) is 4.98 Å². The van der Waals surface area contributed by atoms with Gasteiger partial charge in [0.15, 0.2) is 5.13 Å². The van der Waals surface area contributed by atoms with Crippen LogP contribution in [-0.4, -0.2) is 10.9 Å². The minimum absolute atomic E-state index is 0.228. The van der Waals surface area contributed by atoms with E-state index >= 15 is 0 Å². The van der Waals surface area contributed by atoms with Gasteiger partial charge in [0.2, 0.25) is 0 Å². The third kappa shape index (κ3) is 2.59. The summed E-state index contributed by atoms with van der Waals surface area (Å²) in [4.78, 5) is 16.1. The van der Waals surface area contributed by atoms with Crippen LogP contribution in [0.5, 0.6) is 0 Å². The second-order valence-corrected chi connectivity index (χ2v) is 5.59. The maximum absolute atomic E-state index is 13.5. The summed E-state index contributed by atoms with van der Waals surface area (Å²) in [5.74, 6) is -2.74. The predicted molar refractivity (Wildman–Crippen MR) is 78.9 cm³/mol. The molecule has 3 nitrogen and oxygen atoms in total.